The predicted molar refractivity (Wildman–Crippen MR) is 55.1 cm³/mol. The zero-order valence-corrected chi connectivity index (χ0v) is 9.14. The topological polar surface area (TPSA) is 0 Å². The number of hydrogen-bond donors (Lipinski definition) is 0. The normalized spacial score (nSPS) is 19.7. The van der Waals surface area contributed by atoms with Crippen molar-refractivity contribution in [1.29, 1.82) is 0 Å². The van der Waals surface area contributed by atoms with Gasteiger partial charge in [0.25, 0.3) is 0 Å². The number of aryl methyl sites for hydroxylation is 2. The average Bonchev–Trinajstić information content (AvgIpc) is 2.62. The van der Waals surface area contributed by atoms with Crippen molar-refractivity contribution < 1.29 is 0 Å². The summed E-state index contributed by atoms with van der Waals surface area (Å²) >= 11 is 1.96. The van der Waals surface area contributed by atoms with Gasteiger partial charge in [-0.1, -0.05) is 6.92 Å². The second-order valence-corrected chi connectivity index (χ2v) is 5.70. The van der Waals surface area contributed by atoms with Crippen molar-refractivity contribution in [2.24, 2.45) is 0 Å². The molecule has 0 bridgehead atoms. The first kappa shape index (κ1) is 8.31. The van der Waals surface area contributed by atoms with Gasteiger partial charge >= 0.3 is 0 Å². The Morgan fingerprint density at radius 3 is 2.00 bits per heavy atom. The molecule has 0 atom stereocenters. The van der Waals surface area contributed by atoms with E-state index in [0.29, 0.717) is 5.41 Å². The summed E-state index contributed by atoms with van der Waals surface area (Å²) in [4.78, 5) is 3.06. The molecule has 1 aliphatic rings. The van der Waals surface area contributed by atoms with E-state index in [2.05, 4.69) is 27.7 Å². The van der Waals surface area contributed by atoms with E-state index in [1.54, 1.807) is 16.0 Å². The molecule has 1 aliphatic carbocycles. The fraction of sp³-hybridized carbons (Fsp3) is 0.636. The minimum atomic E-state index is 0.554. The molecule has 0 spiro atoms. The SMILES string of the molecule is Cc1sc(C)c(C2(C)CC2)c1C. The fourth-order valence-electron chi connectivity index (χ4n) is 2.11. The molecule has 0 unspecified atom stereocenters. The Kier molecular flexibility index (Phi) is 1.63. The highest BCUT2D eigenvalue weighted by atomic mass is 32.1. The van der Waals surface area contributed by atoms with Gasteiger partial charge in [-0.05, 0) is 50.2 Å². The monoisotopic (exact) mass is 180 g/mol. The molecule has 0 aromatic carbocycles. The van der Waals surface area contributed by atoms with Crippen molar-refractivity contribution in [3.8, 4) is 0 Å². The molecule has 0 N–H and O–H groups in total. The standard InChI is InChI=1S/C11H16S/c1-7-8(2)12-9(3)10(7)11(4)5-6-11/h5-6H2,1-4H3. The molecule has 0 amide bonds. The van der Waals surface area contributed by atoms with Gasteiger partial charge in [-0.3, -0.25) is 0 Å². The van der Waals surface area contributed by atoms with E-state index in [1.807, 2.05) is 11.3 Å². The Hall–Kier alpha value is -0.300. The van der Waals surface area contributed by atoms with Crippen LogP contribution in [0.15, 0.2) is 0 Å². The third-order valence-corrected chi connectivity index (χ3v) is 4.29. The van der Waals surface area contributed by atoms with Crippen LogP contribution in [0.5, 0.6) is 0 Å². The first-order valence-electron chi connectivity index (χ1n) is 4.62. The molecule has 2 rings (SSSR count). The minimum absolute atomic E-state index is 0.554. The summed E-state index contributed by atoms with van der Waals surface area (Å²) in [6.45, 7) is 9.18. The zero-order valence-electron chi connectivity index (χ0n) is 8.32. The summed E-state index contributed by atoms with van der Waals surface area (Å²) in [5.41, 5.74) is 3.77. The molecule has 0 nitrogen and oxygen atoms in total. The summed E-state index contributed by atoms with van der Waals surface area (Å²) in [5, 5.41) is 0. The van der Waals surface area contributed by atoms with Crippen LogP contribution < -0.4 is 0 Å². The van der Waals surface area contributed by atoms with Gasteiger partial charge in [0, 0.05) is 9.75 Å². The smallest absolute Gasteiger partial charge is 0.00573 e. The largest absolute Gasteiger partial charge is 0.145 e. The third kappa shape index (κ3) is 1.03. The van der Waals surface area contributed by atoms with Gasteiger partial charge in [-0.15, -0.1) is 11.3 Å². The third-order valence-electron chi connectivity index (χ3n) is 3.16. The van der Waals surface area contributed by atoms with Crippen LogP contribution in [-0.2, 0) is 5.41 Å². The summed E-state index contributed by atoms with van der Waals surface area (Å²) in [5.74, 6) is 0. The van der Waals surface area contributed by atoms with Crippen LogP contribution in [0.3, 0.4) is 0 Å². The van der Waals surface area contributed by atoms with Crippen molar-refractivity contribution in [1.82, 2.24) is 0 Å². The molecule has 0 saturated heterocycles. The van der Waals surface area contributed by atoms with Gasteiger partial charge in [0.1, 0.15) is 0 Å². The first-order chi connectivity index (χ1) is 5.54. The summed E-state index contributed by atoms with van der Waals surface area (Å²) in [6.07, 6.45) is 2.79. The summed E-state index contributed by atoms with van der Waals surface area (Å²) in [7, 11) is 0. The Morgan fingerprint density at radius 2 is 1.67 bits per heavy atom. The minimum Gasteiger partial charge on any atom is -0.145 e. The maximum absolute atomic E-state index is 2.40. The molecular formula is C11H16S. The average molecular weight is 180 g/mol. The van der Waals surface area contributed by atoms with Gasteiger partial charge in [-0.25, -0.2) is 0 Å². The van der Waals surface area contributed by atoms with E-state index in [1.165, 1.54) is 17.7 Å². The lowest BCUT2D eigenvalue weighted by atomic mass is 9.94. The molecule has 12 heavy (non-hydrogen) atoms. The quantitative estimate of drug-likeness (QED) is 0.618. The molecule has 1 fully saturated rings. The molecule has 1 saturated carbocycles. The molecule has 1 heterocycles. The van der Waals surface area contributed by atoms with E-state index >= 15 is 0 Å². The first-order valence-corrected chi connectivity index (χ1v) is 5.43. The van der Waals surface area contributed by atoms with Crippen molar-refractivity contribution in [2.75, 3.05) is 0 Å². The van der Waals surface area contributed by atoms with Gasteiger partial charge in [0.15, 0.2) is 0 Å². The second kappa shape index (κ2) is 2.35. The van der Waals surface area contributed by atoms with E-state index < -0.39 is 0 Å². The maximum atomic E-state index is 2.40. The Labute approximate surface area is 78.6 Å². The number of thiophene rings is 1. The van der Waals surface area contributed by atoms with Crippen LogP contribution >= 0.6 is 11.3 Å². The highest BCUT2D eigenvalue weighted by Crippen LogP contribution is 2.52. The molecule has 1 aromatic heterocycles. The van der Waals surface area contributed by atoms with Crippen LogP contribution in [0.2, 0.25) is 0 Å². The van der Waals surface area contributed by atoms with Gasteiger partial charge < -0.3 is 0 Å². The highest BCUT2D eigenvalue weighted by molar-refractivity contribution is 7.12. The lowest BCUT2D eigenvalue weighted by Gasteiger charge is -2.09. The van der Waals surface area contributed by atoms with Gasteiger partial charge in [-0.2, -0.15) is 0 Å². The van der Waals surface area contributed by atoms with Crippen molar-refractivity contribution in [2.45, 2.75) is 46.0 Å². The molecule has 1 aromatic rings. The van der Waals surface area contributed by atoms with E-state index in [4.69, 9.17) is 0 Å². The van der Waals surface area contributed by atoms with Gasteiger partial charge in [0.2, 0.25) is 0 Å². The maximum Gasteiger partial charge on any atom is 0.00573 e. The summed E-state index contributed by atoms with van der Waals surface area (Å²) in [6, 6.07) is 0. The Bertz CT molecular complexity index is 316. The van der Waals surface area contributed by atoms with Crippen molar-refractivity contribution in [3.63, 3.8) is 0 Å². The predicted octanol–water partition coefficient (Wildman–Crippen LogP) is 3.72. The molecule has 0 radical (unpaired) electrons. The second-order valence-electron chi connectivity index (χ2n) is 4.28. The van der Waals surface area contributed by atoms with Crippen LogP contribution in [0.1, 0.15) is 40.6 Å². The van der Waals surface area contributed by atoms with Crippen molar-refractivity contribution in [3.05, 3.63) is 20.9 Å². The van der Waals surface area contributed by atoms with Gasteiger partial charge in [0.05, 0.1) is 0 Å². The zero-order chi connectivity index (χ0) is 8.93. The summed E-state index contributed by atoms with van der Waals surface area (Å²) < 4.78 is 0. The molecule has 0 aliphatic heterocycles. The van der Waals surface area contributed by atoms with E-state index in [9.17, 15) is 0 Å². The Morgan fingerprint density at radius 1 is 1.08 bits per heavy atom. The number of hydrogen-bond acceptors (Lipinski definition) is 1. The van der Waals surface area contributed by atoms with Crippen LogP contribution in [0, 0.1) is 20.8 Å². The van der Waals surface area contributed by atoms with E-state index in [-0.39, 0.29) is 0 Å². The van der Waals surface area contributed by atoms with Crippen LogP contribution in [0.25, 0.3) is 0 Å². The molecule has 66 valence electrons. The Balaban J connectivity index is 2.55. The van der Waals surface area contributed by atoms with Crippen LogP contribution in [0.4, 0.5) is 0 Å². The van der Waals surface area contributed by atoms with Crippen molar-refractivity contribution >= 4 is 11.3 Å². The van der Waals surface area contributed by atoms with E-state index in [0.717, 1.165) is 0 Å². The lowest BCUT2D eigenvalue weighted by molar-refractivity contribution is 0.777. The lowest BCUT2D eigenvalue weighted by Crippen LogP contribution is -2.01. The number of rotatable bonds is 1. The highest BCUT2D eigenvalue weighted by Gasteiger charge is 2.42. The molecular weight excluding hydrogens is 164 g/mol. The fourth-order valence-corrected chi connectivity index (χ4v) is 3.33. The van der Waals surface area contributed by atoms with Crippen LogP contribution in [-0.4, -0.2) is 0 Å². The molecule has 1 heteroatoms.